The molecule has 0 aromatic carbocycles. The van der Waals surface area contributed by atoms with Crippen LogP contribution in [0.15, 0.2) is 0 Å². The summed E-state index contributed by atoms with van der Waals surface area (Å²) in [6, 6.07) is 0.179. The number of halogens is 1. The van der Waals surface area contributed by atoms with Crippen molar-refractivity contribution in [3.63, 3.8) is 0 Å². The molecule has 0 radical (unpaired) electrons. The summed E-state index contributed by atoms with van der Waals surface area (Å²) in [5.74, 6) is 0. The first-order valence-electron chi connectivity index (χ1n) is 7.40. The molecule has 1 fully saturated rings. The Morgan fingerprint density at radius 2 is 2.10 bits per heavy atom. The van der Waals surface area contributed by atoms with Crippen LogP contribution in [-0.2, 0) is 4.74 Å². The Balaban J connectivity index is 0.00000361. The number of ether oxygens (including phenoxy) is 1. The number of hydrogen-bond donors (Lipinski definition) is 1. The summed E-state index contributed by atoms with van der Waals surface area (Å²) in [7, 11) is 2.10. The van der Waals surface area contributed by atoms with Gasteiger partial charge in [-0.25, -0.2) is 4.79 Å². The smallest absolute Gasteiger partial charge is 0.317 e. The molecule has 1 heterocycles. The van der Waals surface area contributed by atoms with Gasteiger partial charge in [0.15, 0.2) is 0 Å². The van der Waals surface area contributed by atoms with E-state index in [-0.39, 0.29) is 30.6 Å². The van der Waals surface area contributed by atoms with Crippen LogP contribution in [0.25, 0.3) is 0 Å². The number of carbonyl (C=O) groups is 1. The molecule has 0 aliphatic carbocycles. The van der Waals surface area contributed by atoms with Crippen LogP contribution in [0.4, 0.5) is 4.79 Å². The van der Waals surface area contributed by atoms with Crippen LogP contribution in [-0.4, -0.2) is 67.8 Å². The minimum atomic E-state index is 0. The second-order valence-corrected chi connectivity index (χ2v) is 5.40. The highest BCUT2D eigenvalue weighted by molar-refractivity contribution is 5.85. The number of nitrogens with one attached hydrogen (secondary N) is 1. The van der Waals surface area contributed by atoms with Gasteiger partial charge in [0.2, 0.25) is 0 Å². The van der Waals surface area contributed by atoms with E-state index in [0.717, 1.165) is 13.1 Å². The van der Waals surface area contributed by atoms with Crippen molar-refractivity contribution in [3.05, 3.63) is 0 Å². The largest absolute Gasteiger partial charge is 0.375 e. The van der Waals surface area contributed by atoms with Crippen molar-refractivity contribution in [1.82, 2.24) is 15.1 Å². The minimum absolute atomic E-state index is 0. The maximum atomic E-state index is 12.1. The van der Waals surface area contributed by atoms with Crippen LogP contribution in [0, 0.1) is 0 Å². The van der Waals surface area contributed by atoms with Gasteiger partial charge in [-0.3, -0.25) is 0 Å². The third-order valence-electron chi connectivity index (χ3n) is 3.81. The van der Waals surface area contributed by atoms with E-state index in [4.69, 9.17) is 4.74 Å². The lowest BCUT2D eigenvalue weighted by atomic mass is 10.1. The fraction of sp³-hybridized carbons (Fsp3) is 0.929. The Morgan fingerprint density at radius 3 is 2.75 bits per heavy atom. The maximum absolute atomic E-state index is 12.1. The minimum Gasteiger partial charge on any atom is -0.375 e. The van der Waals surface area contributed by atoms with E-state index in [1.807, 2.05) is 18.7 Å². The molecule has 120 valence electrons. The Hall–Kier alpha value is -0.520. The molecule has 2 unspecified atom stereocenters. The average molecular weight is 308 g/mol. The van der Waals surface area contributed by atoms with E-state index in [1.165, 1.54) is 12.8 Å². The third kappa shape index (κ3) is 6.29. The Morgan fingerprint density at radius 1 is 1.40 bits per heavy atom. The Labute approximate surface area is 129 Å². The zero-order valence-electron chi connectivity index (χ0n) is 13.2. The quantitative estimate of drug-likeness (QED) is 0.816. The van der Waals surface area contributed by atoms with E-state index in [1.54, 1.807) is 0 Å². The molecule has 6 heteroatoms. The van der Waals surface area contributed by atoms with Gasteiger partial charge in [0, 0.05) is 19.6 Å². The summed E-state index contributed by atoms with van der Waals surface area (Å²) >= 11 is 0. The second kappa shape index (κ2) is 10.2. The van der Waals surface area contributed by atoms with Gasteiger partial charge in [0.25, 0.3) is 0 Å². The van der Waals surface area contributed by atoms with E-state index in [9.17, 15) is 4.79 Å². The zero-order valence-corrected chi connectivity index (χ0v) is 14.0. The normalized spacial score (nSPS) is 22.6. The van der Waals surface area contributed by atoms with Gasteiger partial charge in [-0.1, -0.05) is 13.3 Å². The van der Waals surface area contributed by atoms with Gasteiger partial charge in [-0.2, -0.15) is 0 Å². The Kier molecular flexibility index (Phi) is 9.98. The van der Waals surface area contributed by atoms with Gasteiger partial charge >= 0.3 is 6.03 Å². The molecule has 0 aromatic rings. The van der Waals surface area contributed by atoms with Crippen molar-refractivity contribution in [1.29, 1.82) is 0 Å². The lowest BCUT2D eigenvalue weighted by Gasteiger charge is -2.37. The van der Waals surface area contributed by atoms with Gasteiger partial charge in [0.1, 0.15) is 0 Å². The van der Waals surface area contributed by atoms with E-state index < -0.39 is 0 Å². The van der Waals surface area contributed by atoms with Crippen LogP contribution in [0.2, 0.25) is 0 Å². The molecule has 0 bridgehead atoms. The van der Waals surface area contributed by atoms with Gasteiger partial charge in [-0.15, -0.1) is 12.4 Å². The van der Waals surface area contributed by atoms with Crippen LogP contribution >= 0.6 is 12.4 Å². The molecule has 1 rings (SSSR count). The first kappa shape index (κ1) is 19.5. The maximum Gasteiger partial charge on any atom is 0.317 e. The van der Waals surface area contributed by atoms with Crippen LogP contribution in [0.5, 0.6) is 0 Å². The highest BCUT2D eigenvalue weighted by atomic mass is 35.5. The number of likely N-dealkylation sites (N-methyl/N-ethyl adjacent to an activating group) is 1. The molecule has 2 amide bonds. The van der Waals surface area contributed by atoms with Crippen molar-refractivity contribution in [2.24, 2.45) is 0 Å². The molecule has 2 atom stereocenters. The number of unbranched alkanes of at least 4 members (excludes halogenated alkanes) is 1. The number of rotatable bonds is 6. The molecule has 1 saturated heterocycles. The van der Waals surface area contributed by atoms with Crippen molar-refractivity contribution < 1.29 is 9.53 Å². The summed E-state index contributed by atoms with van der Waals surface area (Å²) in [6.45, 7) is 10.3. The fourth-order valence-corrected chi connectivity index (χ4v) is 2.21. The summed E-state index contributed by atoms with van der Waals surface area (Å²) in [4.78, 5) is 16.2. The van der Waals surface area contributed by atoms with E-state index in [0.29, 0.717) is 19.7 Å². The van der Waals surface area contributed by atoms with Crippen molar-refractivity contribution in [2.75, 3.05) is 39.8 Å². The molecule has 0 saturated carbocycles. The second-order valence-electron chi connectivity index (χ2n) is 5.40. The highest BCUT2D eigenvalue weighted by Gasteiger charge is 2.28. The predicted octanol–water partition coefficient (Wildman–Crippen LogP) is 1.96. The average Bonchev–Trinajstić information content (AvgIpc) is 2.39. The zero-order chi connectivity index (χ0) is 14.3. The topological polar surface area (TPSA) is 44.8 Å². The molecule has 1 aliphatic heterocycles. The van der Waals surface area contributed by atoms with Crippen LogP contribution in [0.1, 0.15) is 33.6 Å². The standard InChI is InChI=1S/C14H29N3O2.ClH/c1-5-6-8-16(4)9-7-15-14(18)17-10-11-19-13(3)12(17)2;/h12-13H,5-11H2,1-4H3,(H,15,18);1H. The molecule has 5 nitrogen and oxygen atoms in total. The van der Waals surface area contributed by atoms with Crippen LogP contribution in [0.3, 0.4) is 0 Å². The van der Waals surface area contributed by atoms with Crippen molar-refractivity contribution in [2.45, 2.75) is 45.8 Å². The first-order chi connectivity index (χ1) is 9.06. The molecular weight excluding hydrogens is 278 g/mol. The SMILES string of the molecule is CCCCN(C)CCNC(=O)N1CCOC(C)C1C.Cl. The molecule has 0 spiro atoms. The predicted molar refractivity (Wildman–Crippen MR) is 84.6 cm³/mol. The molecular formula is C14H30ClN3O2. The molecule has 1 aliphatic rings. The molecule has 0 aromatic heterocycles. The van der Waals surface area contributed by atoms with Gasteiger partial charge in [0.05, 0.1) is 18.8 Å². The summed E-state index contributed by atoms with van der Waals surface area (Å²) in [5, 5.41) is 3.00. The van der Waals surface area contributed by atoms with E-state index >= 15 is 0 Å². The summed E-state index contributed by atoms with van der Waals surface area (Å²) < 4.78 is 5.53. The first-order valence-corrected chi connectivity index (χ1v) is 7.40. The lowest BCUT2D eigenvalue weighted by Crippen LogP contribution is -2.55. The van der Waals surface area contributed by atoms with E-state index in [2.05, 4.69) is 24.2 Å². The van der Waals surface area contributed by atoms with Gasteiger partial charge < -0.3 is 19.9 Å². The monoisotopic (exact) mass is 307 g/mol. The number of carbonyl (C=O) groups excluding carboxylic acids is 1. The Bertz CT molecular complexity index is 279. The van der Waals surface area contributed by atoms with Gasteiger partial charge in [-0.05, 0) is 33.9 Å². The molecule has 1 N–H and O–H groups in total. The summed E-state index contributed by atoms with van der Waals surface area (Å²) in [6.07, 6.45) is 2.54. The number of amides is 2. The van der Waals surface area contributed by atoms with Crippen LogP contribution < -0.4 is 5.32 Å². The number of nitrogens with zero attached hydrogens (tertiary/aromatic N) is 2. The lowest BCUT2D eigenvalue weighted by molar-refractivity contribution is -0.0376. The van der Waals surface area contributed by atoms with Crippen molar-refractivity contribution in [3.8, 4) is 0 Å². The summed E-state index contributed by atoms with van der Waals surface area (Å²) in [5.41, 5.74) is 0. The van der Waals surface area contributed by atoms with Crippen molar-refractivity contribution >= 4 is 18.4 Å². The molecule has 20 heavy (non-hydrogen) atoms. The fourth-order valence-electron chi connectivity index (χ4n) is 2.21. The third-order valence-corrected chi connectivity index (χ3v) is 3.81. The number of morpholine rings is 1. The highest BCUT2D eigenvalue weighted by Crippen LogP contribution is 2.13. The number of urea groups is 1. The number of hydrogen-bond acceptors (Lipinski definition) is 3.